The first-order valence-electron chi connectivity index (χ1n) is 9.80. The van der Waals surface area contributed by atoms with Crippen molar-refractivity contribution in [1.82, 2.24) is 9.88 Å². The second-order valence-electron chi connectivity index (χ2n) is 7.42. The zero-order valence-electron chi connectivity index (χ0n) is 16.9. The molecule has 8 heteroatoms. The van der Waals surface area contributed by atoms with E-state index in [1.807, 2.05) is 31.4 Å². The van der Waals surface area contributed by atoms with Crippen LogP contribution in [0.4, 0.5) is 10.1 Å². The third kappa shape index (κ3) is 3.99. The topological polar surface area (TPSA) is 45.2 Å². The van der Waals surface area contributed by atoms with Gasteiger partial charge in [0, 0.05) is 40.7 Å². The van der Waals surface area contributed by atoms with Crippen molar-refractivity contribution in [3.8, 4) is 20.9 Å². The summed E-state index contributed by atoms with van der Waals surface area (Å²) < 4.78 is 17.2. The minimum absolute atomic E-state index is 0.0735. The first kappa shape index (κ1) is 21.0. The van der Waals surface area contributed by atoms with Crippen LogP contribution in [0.15, 0.2) is 71.9 Å². The molecule has 0 radical (unpaired) electrons. The number of hydrogen-bond donors (Lipinski definition) is 1. The van der Waals surface area contributed by atoms with E-state index in [1.165, 1.54) is 6.07 Å². The summed E-state index contributed by atoms with van der Waals surface area (Å²) in [5.74, 6) is -0.370. The smallest absolute Gasteiger partial charge is 0.254 e. The second kappa shape index (κ2) is 8.58. The third-order valence-corrected chi connectivity index (χ3v) is 7.55. The quantitative estimate of drug-likeness (QED) is 0.312. The number of hydrogen-bond acceptors (Lipinski definition) is 5. The predicted octanol–water partition coefficient (Wildman–Crippen LogP) is 6.97. The highest BCUT2D eigenvalue weighted by atomic mass is 35.5. The Balaban J connectivity index is 1.35. The number of rotatable bonds is 5. The number of carbonyl (C=O) groups is 1. The summed E-state index contributed by atoms with van der Waals surface area (Å²) in [6.45, 7) is 0.642. The van der Waals surface area contributed by atoms with Gasteiger partial charge in [0.1, 0.15) is 0 Å². The van der Waals surface area contributed by atoms with E-state index < -0.39 is 5.82 Å². The van der Waals surface area contributed by atoms with Gasteiger partial charge in [-0.05, 0) is 65.5 Å². The summed E-state index contributed by atoms with van der Waals surface area (Å²) in [7, 11) is 1.82. The van der Waals surface area contributed by atoms with Crippen molar-refractivity contribution in [1.29, 1.82) is 0 Å². The van der Waals surface area contributed by atoms with Crippen molar-refractivity contribution in [3.05, 3.63) is 89.0 Å². The van der Waals surface area contributed by atoms with Crippen molar-refractivity contribution in [2.75, 3.05) is 11.8 Å². The van der Waals surface area contributed by atoms with Gasteiger partial charge in [0.25, 0.3) is 5.91 Å². The number of amides is 1. The Morgan fingerprint density at radius 3 is 2.75 bits per heavy atom. The molecule has 1 N–H and O–H groups in total. The minimum Gasteiger partial charge on any atom is -0.337 e. The zero-order valence-corrected chi connectivity index (χ0v) is 19.3. The number of anilines is 1. The molecular formula is C24H17ClFN3OS2. The molecule has 4 aromatic rings. The van der Waals surface area contributed by atoms with Crippen LogP contribution in [0, 0.1) is 5.82 Å². The van der Waals surface area contributed by atoms with E-state index in [1.54, 1.807) is 34.6 Å². The highest BCUT2D eigenvalue weighted by Crippen LogP contribution is 2.37. The number of carbonyl (C=O) groups excluding carboxylic acids is 1. The first-order chi connectivity index (χ1) is 15.5. The van der Waals surface area contributed by atoms with Gasteiger partial charge in [-0.3, -0.25) is 9.78 Å². The molecule has 1 amide bonds. The number of benzene rings is 2. The number of halogens is 2. The van der Waals surface area contributed by atoms with Gasteiger partial charge in [-0.25, -0.2) is 4.39 Å². The van der Waals surface area contributed by atoms with Gasteiger partial charge in [-0.2, -0.15) is 0 Å². The molecule has 32 heavy (non-hydrogen) atoms. The minimum atomic E-state index is -0.444. The van der Waals surface area contributed by atoms with Crippen LogP contribution >= 0.6 is 34.9 Å². The van der Waals surface area contributed by atoms with Crippen LogP contribution in [0.2, 0.25) is 5.02 Å². The summed E-state index contributed by atoms with van der Waals surface area (Å²) in [4.78, 5) is 20.8. The summed E-state index contributed by atoms with van der Waals surface area (Å²) in [5, 5.41) is 0.0948. The van der Waals surface area contributed by atoms with E-state index in [9.17, 15) is 9.18 Å². The molecule has 1 aliphatic rings. The Bertz CT molecular complexity index is 1340. The molecule has 2 aromatic carbocycles. The predicted molar refractivity (Wildman–Crippen MR) is 130 cm³/mol. The fourth-order valence-corrected chi connectivity index (χ4v) is 5.47. The van der Waals surface area contributed by atoms with Gasteiger partial charge in [0.2, 0.25) is 0 Å². The number of aromatic nitrogens is 1. The molecule has 0 saturated carbocycles. The maximum absolute atomic E-state index is 14.1. The van der Waals surface area contributed by atoms with Crippen LogP contribution in [0.3, 0.4) is 0 Å². The Hall–Kier alpha value is -2.87. The van der Waals surface area contributed by atoms with E-state index in [-0.39, 0.29) is 10.9 Å². The Morgan fingerprint density at radius 2 is 1.91 bits per heavy atom. The Morgan fingerprint density at radius 1 is 1.09 bits per heavy atom. The average molecular weight is 482 g/mol. The molecule has 0 unspecified atom stereocenters. The van der Waals surface area contributed by atoms with Crippen molar-refractivity contribution in [3.63, 3.8) is 0 Å². The van der Waals surface area contributed by atoms with E-state index in [0.717, 1.165) is 49.6 Å². The molecule has 4 nitrogen and oxygen atoms in total. The summed E-state index contributed by atoms with van der Waals surface area (Å²) in [6.07, 6.45) is 3.50. The van der Waals surface area contributed by atoms with Gasteiger partial charge >= 0.3 is 0 Å². The van der Waals surface area contributed by atoms with Crippen LogP contribution in [0.5, 0.6) is 0 Å². The number of nitrogens with zero attached hydrogens (tertiary/aromatic N) is 2. The van der Waals surface area contributed by atoms with Crippen molar-refractivity contribution < 1.29 is 9.18 Å². The Labute approximate surface area is 198 Å². The summed E-state index contributed by atoms with van der Waals surface area (Å²) >= 11 is 8.67. The number of thiophene rings is 1. The number of pyridine rings is 1. The molecule has 160 valence electrons. The Kier molecular flexibility index (Phi) is 5.63. The molecule has 3 heterocycles. The van der Waals surface area contributed by atoms with Crippen molar-refractivity contribution in [2.45, 2.75) is 11.4 Å². The molecule has 0 fully saturated rings. The summed E-state index contributed by atoms with van der Waals surface area (Å²) in [6, 6.07) is 17.0. The summed E-state index contributed by atoms with van der Waals surface area (Å²) in [5.41, 5.74) is 4.67. The van der Waals surface area contributed by atoms with Crippen LogP contribution < -0.4 is 4.72 Å². The third-order valence-electron chi connectivity index (χ3n) is 5.20. The second-order valence-corrected chi connectivity index (χ2v) is 9.75. The van der Waals surface area contributed by atoms with Gasteiger partial charge < -0.3 is 9.62 Å². The lowest BCUT2D eigenvalue weighted by Gasteiger charge is -2.08. The molecule has 0 atom stereocenters. The van der Waals surface area contributed by atoms with Crippen LogP contribution in [-0.4, -0.2) is 22.8 Å². The molecule has 1 aliphatic heterocycles. The fourth-order valence-electron chi connectivity index (χ4n) is 3.57. The van der Waals surface area contributed by atoms with E-state index in [4.69, 9.17) is 11.6 Å². The lowest BCUT2D eigenvalue weighted by atomic mass is 10.1. The number of nitrogens with one attached hydrogen (secondary N) is 1. The normalized spacial score (nSPS) is 12.8. The van der Waals surface area contributed by atoms with Crippen molar-refractivity contribution >= 4 is 46.5 Å². The number of fused-ring (bicyclic) bond motifs is 1. The van der Waals surface area contributed by atoms with Gasteiger partial charge in [-0.15, -0.1) is 11.3 Å². The molecule has 2 aromatic heterocycles. The molecule has 5 rings (SSSR count). The molecule has 0 aliphatic carbocycles. The maximum Gasteiger partial charge on any atom is 0.254 e. The lowest BCUT2D eigenvalue weighted by molar-refractivity contribution is 0.0816. The lowest BCUT2D eigenvalue weighted by Crippen LogP contribution is -2.17. The first-order valence-corrected chi connectivity index (χ1v) is 11.8. The molecule has 0 bridgehead atoms. The van der Waals surface area contributed by atoms with Crippen molar-refractivity contribution in [2.24, 2.45) is 0 Å². The fraction of sp³-hybridized carbons (Fsp3) is 0.0833. The molecule has 0 spiro atoms. The van der Waals surface area contributed by atoms with Crippen LogP contribution in [0.1, 0.15) is 15.9 Å². The van der Waals surface area contributed by atoms with Gasteiger partial charge in [0.05, 0.1) is 21.8 Å². The largest absolute Gasteiger partial charge is 0.337 e. The highest BCUT2D eigenvalue weighted by Gasteiger charge is 2.24. The van der Waals surface area contributed by atoms with E-state index >= 15 is 0 Å². The monoisotopic (exact) mass is 481 g/mol. The standard InChI is InChI=1S/C24H17ClFN3OS2/c1-29-13-16-9-14(5-6-18(16)24(29)30)20-7-8-21(31-20)15-10-17(12-27-11-15)28-32-22-4-2-3-19(25)23(22)26/h2-12,28H,13H2,1H3. The maximum atomic E-state index is 14.1. The molecular weight excluding hydrogens is 465 g/mol. The van der Waals surface area contributed by atoms with Crippen LogP contribution in [0.25, 0.3) is 20.9 Å². The SMILES string of the molecule is CN1Cc2cc(-c3ccc(-c4cncc(NSc5cccc(Cl)c5F)c4)s3)ccc2C1=O. The van der Waals surface area contributed by atoms with Gasteiger partial charge in [-0.1, -0.05) is 23.7 Å². The van der Waals surface area contributed by atoms with Gasteiger partial charge in [0.15, 0.2) is 5.82 Å². The highest BCUT2D eigenvalue weighted by molar-refractivity contribution is 8.00. The molecule has 0 saturated heterocycles. The van der Waals surface area contributed by atoms with E-state index in [0.29, 0.717) is 11.4 Å². The van der Waals surface area contributed by atoms with Crippen LogP contribution in [-0.2, 0) is 6.54 Å². The van der Waals surface area contributed by atoms with E-state index in [2.05, 4.69) is 27.9 Å². The zero-order chi connectivity index (χ0) is 22.2. The average Bonchev–Trinajstić information content (AvgIpc) is 3.40.